The highest BCUT2D eigenvalue weighted by Gasteiger charge is 2.23. The van der Waals surface area contributed by atoms with Crippen LogP contribution in [0, 0.1) is 0 Å². The van der Waals surface area contributed by atoms with Crippen LogP contribution >= 0.6 is 0 Å². The van der Waals surface area contributed by atoms with Crippen LogP contribution in [0.4, 0.5) is 0 Å². The fourth-order valence-electron chi connectivity index (χ4n) is 2.89. The van der Waals surface area contributed by atoms with Gasteiger partial charge >= 0.3 is 0 Å². The zero-order valence-corrected chi connectivity index (χ0v) is 14.8. The van der Waals surface area contributed by atoms with E-state index in [0.717, 1.165) is 18.4 Å². The zero-order chi connectivity index (χ0) is 18.2. The van der Waals surface area contributed by atoms with Gasteiger partial charge in [0.05, 0.1) is 0 Å². The average molecular weight is 349 g/mol. The lowest BCUT2D eigenvalue weighted by Crippen LogP contribution is -2.39. The van der Waals surface area contributed by atoms with Crippen LogP contribution in [-0.2, 0) is 17.6 Å². The molecule has 0 spiro atoms. The molecule has 0 fully saturated rings. The number of rotatable bonds is 8. The van der Waals surface area contributed by atoms with Gasteiger partial charge < -0.3 is 5.32 Å². The standard InChI is InChI=1S/C20H23N5O/c1-16(12-13-17-8-4-2-5-9-17)22-20(26)19(25-15-21-23-24-25)14-18-10-6-3-7-11-18/h2-11,15-16,19H,12-14H2,1H3,(H,22,26). The Kier molecular flexibility index (Phi) is 6.09. The van der Waals surface area contributed by atoms with E-state index in [1.54, 1.807) is 0 Å². The van der Waals surface area contributed by atoms with Crippen LogP contribution in [0.1, 0.15) is 30.5 Å². The van der Waals surface area contributed by atoms with Crippen molar-refractivity contribution in [3.8, 4) is 0 Å². The third-order valence-electron chi connectivity index (χ3n) is 4.36. The van der Waals surface area contributed by atoms with Gasteiger partial charge in [0.25, 0.3) is 0 Å². The SMILES string of the molecule is CC(CCc1ccccc1)NC(=O)C(Cc1ccccc1)n1cnnn1. The number of aromatic nitrogens is 4. The van der Waals surface area contributed by atoms with E-state index < -0.39 is 6.04 Å². The normalized spacial score (nSPS) is 13.1. The molecule has 0 radical (unpaired) electrons. The highest BCUT2D eigenvalue weighted by molar-refractivity contribution is 5.80. The molecule has 2 aromatic carbocycles. The number of amides is 1. The van der Waals surface area contributed by atoms with Gasteiger partial charge in [-0.3, -0.25) is 4.79 Å². The molecule has 0 bridgehead atoms. The van der Waals surface area contributed by atoms with E-state index in [1.807, 2.05) is 55.5 Å². The van der Waals surface area contributed by atoms with E-state index in [0.29, 0.717) is 6.42 Å². The summed E-state index contributed by atoms with van der Waals surface area (Å²) in [7, 11) is 0. The molecule has 1 amide bonds. The Morgan fingerprint density at radius 3 is 2.31 bits per heavy atom. The fraction of sp³-hybridized carbons (Fsp3) is 0.300. The van der Waals surface area contributed by atoms with Crippen molar-refractivity contribution in [3.63, 3.8) is 0 Å². The van der Waals surface area contributed by atoms with Crippen LogP contribution in [0.2, 0.25) is 0 Å². The molecule has 0 saturated carbocycles. The molecular weight excluding hydrogens is 326 g/mol. The molecule has 0 aliphatic rings. The lowest BCUT2D eigenvalue weighted by atomic mass is 10.0. The summed E-state index contributed by atoms with van der Waals surface area (Å²) >= 11 is 0. The third-order valence-corrected chi connectivity index (χ3v) is 4.36. The first-order chi connectivity index (χ1) is 12.7. The minimum absolute atomic E-state index is 0.0671. The smallest absolute Gasteiger partial charge is 0.245 e. The Hall–Kier alpha value is -3.02. The van der Waals surface area contributed by atoms with Gasteiger partial charge in [-0.05, 0) is 41.3 Å². The van der Waals surface area contributed by atoms with Gasteiger partial charge in [-0.15, -0.1) is 5.10 Å². The Bertz CT molecular complexity index is 790. The number of hydrogen-bond donors (Lipinski definition) is 1. The Morgan fingerprint density at radius 2 is 1.69 bits per heavy atom. The number of aryl methyl sites for hydroxylation is 1. The molecule has 2 unspecified atom stereocenters. The van der Waals surface area contributed by atoms with Crippen molar-refractivity contribution in [3.05, 3.63) is 78.1 Å². The van der Waals surface area contributed by atoms with Crippen LogP contribution in [0.5, 0.6) is 0 Å². The van der Waals surface area contributed by atoms with E-state index in [-0.39, 0.29) is 11.9 Å². The second kappa shape index (κ2) is 8.89. The zero-order valence-electron chi connectivity index (χ0n) is 14.8. The summed E-state index contributed by atoms with van der Waals surface area (Å²) in [6.45, 7) is 2.03. The molecule has 26 heavy (non-hydrogen) atoms. The van der Waals surface area contributed by atoms with Gasteiger partial charge in [-0.2, -0.15) is 0 Å². The molecule has 1 N–H and O–H groups in total. The first-order valence-corrected chi connectivity index (χ1v) is 8.83. The summed E-state index contributed by atoms with van der Waals surface area (Å²) in [6, 6.07) is 19.8. The third kappa shape index (κ3) is 4.99. The van der Waals surface area contributed by atoms with Gasteiger partial charge in [0.2, 0.25) is 5.91 Å². The van der Waals surface area contributed by atoms with Gasteiger partial charge in [-0.25, -0.2) is 4.68 Å². The maximum Gasteiger partial charge on any atom is 0.245 e. The molecule has 134 valence electrons. The van der Waals surface area contributed by atoms with Crippen LogP contribution in [-0.4, -0.2) is 32.2 Å². The maximum absolute atomic E-state index is 12.8. The summed E-state index contributed by atoms with van der Waals surface area (Å²) in [6.07, 6.45) is 3.84. The fourth-order valence-corrected chi connectivity index (χ4v) is 2.89. The summed E-state index contributed by atoms with van der Waals surface area (Å²) < 4.78 is 1.52. The van der Waals surface area contributed by atoms with E-state index in [4.69, 9.17) is 0 Å². The Balaban J connectivity index is 1.61. The van der Waals surface area contributed by atoms with Gasteiger partial charge in [-0.1, -0.05) is 60.7 Å². The topological polar surface area (TPSA) is 72.7 Å². The van der Waals surface area contributed by atoms with Gasteiger partial charge in [0, 0.05) is 12.5 Å². The molecule has 2 atom stereocenters. The molecule has 6 heteroatoms. The van der Waals surface area contributed by atoms with E-state index in [9.17, 15) is 4.79 Å². The average Bonchev–Trinajstić information content (AvgIpc) is 3.20. The Labute approximate surface area is 153 Å². The van der Waals surface area contributed by atoms with Gasteiger partial charge in [0.1, 0.15) is 12.4 Å². The molecule has 1 heterocycles. The summed E-state index contributed by atoms with van der Waals surface area (Å²) in [4.78, 5) is 12.8. The first kappa shape index (κ1) is 17.8. The van der Waals surface area contributed by atoms with Crippen LogP contribution in [0.15, 0.2) is 67.0 Å². The molecule has 0 aliphatic carbocycles. The lowest BCUT2D eigenvalue weighted by Gasteiger charge is -2.20. The number of benzene rings is 2. The molecule has 6 nitrogen and oxygen atoms in total. The number of nitrogens with one attached hydrogen (secondary N) is 1. The molecule has 0 saturated heterocycles. The van der Waals surface area contributed by atoms with Crippen molar-refractivity contribution < 1.29 is 4.79 Å². The number of hydrogen-bond acceptors (Lipinski definition) is 4. The van der Waals surface area contributed by atoms with E-state index in [2.05, 4.69) is 33.0 Å². The minimum atomic E-state index is -0.466. The first-order valence-electron chi connectivity index (χ1n) is 8.83. The van der Waals surface area contributed by atoms with Crippen molar-refractivity contribution in [2.45, 2.75) is 38.3 Å². The monoisotopic (exact) mass is 349 g/mol. The summed E-state index contributed by atoms with van der Waals surface area (Å²) in [5, 5.41) is 14.4. The van der Waals surface area contributed by atoms with Crippen LogP contribution in [0.3, 0.4) is 0 Å². The van der Waals surface area contributed by atoms with Crippen LogP contribution in [0.25, 0.3) is 0 Å². The van der Waals surface area contributed by atoms with Crippen molar-refractivity contribution in [2.24, 2.45) is 0 Å². The van der Waals surface area contributed by atoms with E-state index >= 15 is 0 Å². The minimum Gasteiger partial charge on any atom is -0.352 e. The van der Waals surface area contributed by atoms with Crippen molar-refractivity contribution in [1.82, 2.24) is 25.5 Å². The predicted octanol–water partition coefficient (Wildman–Crippen LogP) is 2.59. The highest BCUT2D eigenvalue weighted by atomic mass is 16.2. The van der Waals surface area contributed by atoms with Crippen molar-refractivity contribution in [2.75, 3.05) is 0 Å². The number of carbonyl (C=O) groups is 1. The van der Waals surface area contributed by atoms with Crippen molar-refractivity contribution in [1.29, 1.82) is 0 Å². The summed E-state index contributed by atoms with van der Waals surface area (Å²) in [5.41, 5.74) is 2.34. The van der Waals surface area contributed by atoms with E-state index in [1.165, 1.54) is 16.6 Å². The molecular formula is C20H23N5O. The number of tetrazole rings is 1. The Morgan fingerprint density at radius 1 is 1.04 bits per heavy atom. The molecule has 3 rings (SSSR count). The van der Waals surface area contributed by atoms with Crippen molar-refractivity contribution >= 4 is 5.91 Å². The molecule has 1 aromatic heterocycles. The maximum atomic E-state index is 12.8. The number of nitrogens with zero attached hydrogens (tertiary/aromatic N) is 4. The second-order valence-electron chi connectivity index (χ2n) is 6.43. The van der Waals surface area contributed by atoms with Gasteiger partial charge in [0.15, 0.2) is 0 Å². The predicted molar refractivity (Wildman–Crippen MR) is 99.4 cm³/mol. The quantitative estimate of drug-likeness (QED) is 0.678. The largest absolute Gasteiger partial charge is 0.352 e. The van der Waals surface area contributed by atoms with Crippen LogP contribution < -0.4 is 5.32 Å². The second-order valence-corrected chi connectivity index (χ2v) is 6.43. The molecule has 0 aliphatic heterocycles. The highest BCUT2D eigenvalue weighted by Crippen LogP contribution is 2.14. The molecule has 3 aromatic rings. The number of carbonyl (C=O) groups excluding carboxylic acids is 1. The summed E-state index contributed by atoms with van der Waals surface area (Å²) in [5.74, 6) is -0.0679. The lowest BCUT2D eigenvalue weighted by molar-refractivity contribution is -0.125.